The number of ether oxygens (including phenoxy) is 3. The number of anilines is 1. The average molecular weight is 402 g/mol. The molecule has 2 aromatic carbocycles. The molecule has 6 nitrogen and oxygen atoms in total. The smallest absolute Gasteiger partial charge is 0.231 e. The molecule has 3 aromatic rings. The molecule has 1 aliphatic rings. The summed E-state index contributed by atoms with van der Waals surface area (Å²) in [7, 11) is 0. The Morgan fingerprint density at radius 3 is 2.70 bits per heavy atom. The highest BCUT2D eigenvalue weighted by molar-refractivity contribution is 6.35. The highest BCUT2D eigenvalue weighted by atomic mass is 35.5. The van der Waals surface area contributed by atoms with Gasteiger partial charge in [0, 0.05) is 22.2 Å². The lowest BCUT2D eigenvalue weighted by atomic mass is 10.2. The third kappa shape index (κ3) is 3.35. The third-order valence-corrected chi connectivity index (χ3v) is 4.68. The lowest BCUT2D eigenvalue weighted by Crippen LogP contribution is -2.05. The Morgan fingerprint density at radius 1 is 1.11 bits per heavy atom. The summed E-state index contributed by atoms with van der Waals surface area (Å²) in [5.74, 6) is 2.09. The molecule has 0 amide bonds. The molecule has 4 rings (SSSR count). The molecule has 0 fully saturated rings. The van der Waals surface area contributed by atoms with Crippen LogP contribution in [0.15, 0.2) is 42.5 Å². The highest BCUT2D eigenvalue weighted by Crippen LogP contribution is 2.39. The van der Waals surface area contributed by atoms with E-state index < -0.39 is 0 Å². The molecule has 0 radical (unpaired) electrons. The van der Waals surface area contributed by atoms with Gasteiger partial charge < -0.3 is 19.9 Å². The maximum atomic E-state index is 9.47. The largest absolute Gasteiger partial charge is 0.454 e. The molecule has 0 aliphatic carbocycles. The van der Waals surface area contributed by atoms with Gasteiger partial charge in [-0.05, 0) is 29.8 Å². The summed E-state index contributed by atoms with van der Waals surface area (Å²) in [6.07, 6.45) is 0. The number of nitriles is 1. The Balaban J connectivity index is 1.70. The lowest BCUT2D eigenvalue weighted by molar-refractivity contribution is 0.174. The van der Waals surface area contributed by atoms with Crippen LogP contribution in [0.4, 0.5) is 5.69 Å². The van der Waals surface area contributed by atoms with E-state index in [2.05, 4.69) is 6.07 Å². The van der Waals surface area contributed by atoms with Crippen LogP contribution in [0.25, 0.3) is 0 Å². The molecule has 0 saturated heterocycles. The van der Waals surface area contributed by atoms with Crippen LogP contribution >= 0.6 is 23.2 Å². The van der Waals surface area contributed by atoms with E-state index in [0.29, 0.717) is 51.1 Å². The van der Waals surface area contributed by atoms with Gasteiger partial charge in [0.25, 0.3) is 0 Å². The molecule has 0 bridgehead atoms. The van der Waals surface area contributed by atoms with Crippen LogP contribution in [0, 0.1) is 11.3 Å². The van der Waals surface area contributed by atoms with Crippen molar-refractivity contribution in [1.82, 2.24) is 4.57 Å². The van der Waals surface area contributed by atoms with Crippen LogP contribution in [0.1, 0.15) is 11.3 Å². The van der Waals surface area contributed by atoms with E-state index in [1.807, 2.05) is 0 Å². The number of nitrogen functional groups attached to an aromatic ring is 1. The molecule has 0 saturated carbocycles. The van der Waals surface area contributed by atoms with Crippen LogP contribution in [-0.2, 0) is 6.54 Å². The normalized spacial score (nSPS) is 12.0. The Bertz CT molecular complexity index is 1070. The second kappa shape index (κ2) is 6.95. The van der Waals surface area contributed by atoms with E-state index in [-0.39, 0.29) is 6.79 Å². The minimum atomic E-state index is 0.172. The van der Waals surface area contributed by atoms with Crippen LogP contribution < -0.4 is 19.9 Å². The van der Waals surface area contributed by atoms with Gasteiger partial charge in [0.2, 0.25) is 12.7 Å². The summed E-state index contributed by atoms with van der Waals surface area (Å²) in [4.78, 5) is 0. The van der Waals surface area contributed by atoms with Crippen LogP contribution in [-0.4, -0.2) is 11.4 Å². The molecule has 8 heteroatoms. The number of aromatic nitrogens is 1. The zero-order valence-corrected chi connectivity index (χ0v) is 15.4. The summed E-state index contributed by atoms with van der Waals surface area (Å²) < 4.78 is 18.3. The monoisotopic (exact) mass is 401 g/mol. The molecule has 2 heterocycles. The molecule has 1 aromatic heterocycles. The maximum absolute atomic E-state index is 9.47. The van der Waals surface area contributed by atoms with Crippen molar-refractivity contribution in [3.63, 3.8) is 0 Å². The van der Waals surface area contributed by atoms with Gasteiger partial charge in [0.1, 0.15) is 17.5 Å². The Labute approximate surface area is 165 Å². The first kappa shape index (κ1) is 17.4. The van der Waals surface area contributed by atoms with Gasteiger partial charge in [-0.25, -0.2) is 0 Å². The number of benzene rings is 2. The zero-order valence-electron chi connectivity index (χ0n) is 13.9. The van der Waals surface area contributed by atoms with Crippen LogP contribution in [0.5, 0.6) is 23.1 Å². The summed E-state index contributed by atoms with van der Waals surface area (Å²) in [6.45, 7) is 0.473. The van der Waals surface area contributed by atoms with Gasteiger partial charge in [-0.1, -0.05) is 29.3 Å². The topological polar surface area (TPSA) is 82.4 Å². The molecule has 1 aliphatic heterocycles. The van der Waals surface area contributed by atoms with Gasteiger partial charge in [-0.2, -0.15) is 5.26 Å². The van der Waals surface area contributed by atoms with Gasteiger partial charge in [0.05, 0.1) is 12.2 Å². The molecule has 27 heavy (non-hydrogen) atoms. The van der Waals surface area contributed by atoms with Crippen molar-refractivity contribution in [2.45, 2.75) is 6.54 Å². The number of rotatable bonds is 4. The Morgan fingerprint density at radius 2 is 1.93 bits per heavy atom. The molecule has 2 N–H and O–H groups in total. The SMILES string of the molecule is N#Cc1cc(N)c(Oc2ccc3c(c2)OCO3)n1Cc1ccc(Cl)cc1Cl. The number of hydrogen-bond acceptors (Lipinski definition) is 5. The molecule has 0 spiro atoms. The van der Waals surface area contributed by atoms with Gasteiger partial charge in [-0.15, -0.1) is 0 Å². The second-order valence-electron chi connectivity index (χ2n) is 5.84. The molecular formula is C19H13Cl2N3O3. The van der Waals surface area contributed by atoms with E-state index >= 15 is 0 Å². The first-order valence-electron chi connectivity index (χ1n) is 7.95. The first-order valence-corrected chi connectivity index (χ1v) is 8.71. The van der Waals surface area contributed by atoms with Crippen molar-refractivity contribution >= 4 is 28.9 Å². The molecular weight excluding hydrogens is 389 g/mol. The Kier molecular flexibility index (Phi) is 4.48. The fourth-order valence-electron chi connectivity index (χ4n) is 2.79. The van der Waals surface area contributed by atoms with Gasteiger partial charge in [0.15, 0.2) is 11.5 Å². The van der Waals surface area contributed by atoms with E-state index in [0.717, 1.165) is 5.56 Å². The summed E-state index contributed by atoms with van der Waals surface area (Å²) in [5.41, 5.74) is 7.57. The second-order valence-corrected chi connectivity index (χ2v) is 6.68. The van der Waals surface area contributed by atoms with Crippen molar-refractivity contribution in [1.29, 1.82) is 5.26 Å². The maximum Gasteiger partial charge on any atom is 0.231 e. The minimum absolute atomic E-state index is 0.172. The minimum Gasteiger partial charge on any atom is -0.454 e. The predicted molar refractivity (Wildman–Crippen MR) is 102 cm³/mol. The lowest BCUT2D eigenvalue weighted by Gasteiger charge is -2.14. The van der Waals surface area contributed by atoms with Crippen molar-refractivity contribution in [2.24, 2.45) is 0 Å². The summed E-state index contributed by atoms with van der Waals surface area (Å²) in [6, 6.07) is 14.1. The number of fused-ring (bicyclic) bond motifs is 1. The van der Waals surface area contributed by atoms with Crippen molar-refractivity contribution in [2.75, 3.05) is 12.5 Å². The molecule has 136 valence electrons. The van der Waals surface area contributed by atoms with E-state index in [1.165, 1.54) is 0 Å². The Hall–Kier alpha value is -3.01. The quantitative estimate of drug-likeness (QED) is 0.677. The van der Waals surface area contributed by atoms with Gasteiger partial charge >= 0.3 is 0 Å². The average Bonchev–Trinajstić information content (AvgIpc) is 3.22. The van der Waals surface area contributed by atoms with Crippen LogP contribution in [0.2, 0.25) is 10.0 Å². The number of halogens is 2. The number of nitrogens with two attached hydrogens (primary N) is 1. The first-order chi connectivity index (χ1) is 13.0. The van der Waals surface area contributed by atoms with Crippen molar-refractivity contribution in [3.05, 3.63) is 63.8 Å². The number of hydrogen-bond donors (Lipinski definition) is 1. The van der Waals surface area contributed by atoms with E-state index in [1.54, 1.807) is 47.0 Å². The predicted octanol–water partition coefficient (Wildman–Crippen LogP) is 4.82. The van der Waals surface area contributed by atoms with Crippen LogP contribution in [0.3, 0.4) is 0 Å². The number of nitrogens with zero attached hydrogens (tertiary/aromatic N) is 2. The van der Waals surface area contributed by atoms with E-state index in [9.17, 15) is 5.26 Å². The summed E-state index contributed by atoms with van der Waals surface area (Å²) in [5, 5.41) is 10.5. The fourth-order valence-corrected chi connectivity index (χ4v) is 3.26. The van der Waals surface area contributed by atoms with Crippen molar-refractivity contribution in [3.8, 4) is 29.2 Å². The van der Waals surface area contributed by atoms with E-state index in [4.69, 9.17) is 43.1 Å². The summed E-state index contributed by atoms with van der Waals surface area (Å²) >= 11 is 12.2. The zero-order chi connectivity index (χ0) is 19.0. The van der Waals surface area contributed by atoms with Crippen molar-refractivity contribution < 1.29 is 14.2 Å². The third-order valence-electron chi connectivity index (χ3n) is 4.09. The van der Waals surface area contributed by atoms with Gasteiger partial charge in [-0.3, -0.25) is 4.57 Å². The fraction of sp³-hybridized carbons (Fsp3) is 0.105. The molecule has 0 unspecified atom stereocenters. The standard InChI is InChI=1S/C19H13Cl2N3O3/c20-12-2-1-11(15(21)5-12)9-24-13(8-22)6-16(23)19(24)27-14-3-4-17-18(7-14)26-10-25-17/h1-7H,9-10,23H2. The molecule has 0 atom stereocenters. The highest BCUT2D eigenvalue weighted by Gasteiger charge is 2.19.